The second-order valence-corrected chi connectivity index (χ2v) is 6.98. The Morgan fingerprint density at radius 1 is 1.19 bits per heavy atom. The second kappa shape index (κ2) is 9.37. The van der Waals surface area contributed by atoms with Crippen LogP contribution in [0.4, 0.5) is 5.69 Å². The van der Waals surface area contributed by atoms with Gasteiger partial charge in [0.1, 0.15) is 0 Å². The summed E-state index contributed by atoms with van der Waals surface area (Å²) in [4.78, 5) is 16.5. The molecular weight excluding hydrogens is 324 g/mol. The lowest BCUT2D eigenvalue weighted by Gasteiger charge is -2.23. The fraction of sp³-hybridized carbons (Fsp3) is 0.455. The Morgan fingerprint density at radius 3 is 2.77 bits per heavy atom. The molecule has 0 spiro atoms. The summed E-state index contributed by atoms with van der Waals surface area (Å²) >= 11 is 0. The molecule has 4 heteroatoms. The number of pyridine rings is 1. The van der Waals surface area contributed by atoms with Gasteiger partial charge < -0.3 is 10.1 Å². The number of hydrogen-bond acceptors (Lipinski definition) is 4. The van der Waals surface area contributed by atoms with Crippen molar-refractivity contribution in [2.75, 3.05) is 11.9 Å². The van der Waals surface area contributed by atoms with Crippen molar-refractivity contribution >= 4 is 11.7 Å². The van der Waals surface area contributed by atoms with E-state index >= 15 is 0 Å². The van der Waals surface area contributed by atoms with Crippen molar-refractivity contribution in [3.05, 3.63) is 59.4 Å². The van der Waals surface area contributed by atoms with Crippen LogP contribution in [0.25, 0.3) is 0 Å². The Balaban J connectivity index is 1.78. The van der Waals surface area contributed by atoms with Crippen LogP contribution < -0.4 is 5.32 Å². The van der Waals surface area contributed by atoms with E-state index in [1.165, 1.54) is 37.7 Å². The van der Waals surface area contributed by atoms with E-state index in [1.54, 1.807) is 6.20 Å². The van der Waals surface area contributed by atoms with Crippen LogP contribution in [0.2, 0.25) is 0 Å². The van der Waals surface area contributed by atoms with Gasteiger partial charge in [0.25, 0.3) is 0 Å². The zero-order chi connectivity index (χ0) is 18.2. The average Bonchev–Trinajstić information content (AvgIpc) is 2.69. The zero-order valence-electron chi connectivity index (χ0n) is 15.5. The van der Waals surface area contributed by atoms with Gasteiger partial charge in [0.15, 0.2) is 0 Å². The minimum Gasteiger partial charge on any atom is -0.462 e. The van der Waals surface area contributed by atoms with Crippen molar-refractivity contribution in [2.45, 2.75) is 52.0 Å². The van der Waals surface area contributed by atoms with E-state index in [-0.39, 0.29) is 5.97 Å². The highest BCUT2D eigenvalue weighted by Crippen LogP contribution is 2.30. The molecule has 4 nitrogen and oxygen atoms in total. The third-order valence-corrected chi connectivity index (χ3v) is 5.04. The van der Waals surface area contributed by atoms with Gasteiger partial charge in [-0.05, 0) is 49.1 Å². The summed E-state index contributed by atoms with van der Waals surface area (Å²) in [5, 5.41) is 3.49. The van der Waals surface area contributed by atoms with Crippen LogP contribution in [0.3, 0.4) is 0 Å². The van der Waals surface area contributed by atoms with Crippen LogP contribution in [-0.4, -0.2) is 17.6 Å². The summed E-state index contributed by atoms with van der Waals surface area (Å²) in [6.45, 7) is 2.86. The number of carbonyl (C=O) groups is 1. The molecule has 1 aliphatic carbocycles. The maximum absolute atomic E-state index is 12.1. The number of esters is 1. The predicted octanol–water partition coefficient (Wildman–Crippen LogP) is 4.99. The average molecular weight is 352 g/mol. The first-order chi connectivity index (χ1) is 12.8. The summed E-state index contributed by atoms with van der Waals surface area (Å²) in [5.41, 5.74) is 3.88. The quantitative estimate of drug-likeness (QED) is 0.713. The number of anilines is 1. The molecule has 0 unspecified atom stereocenters. The lowest BCUT2D eigenvalue weighted by Crippen LogP contribution is -2.13. The van der Waals surface area contributed by atoms with E-state index in [0.717, 1.165) is 23.7 Å². The molecule has 1 saturated carbocycles. The van der Waals surface area contributed by atoms with E-state index in [9.17, 15) is 4.79 Å². The van der Waals surface area contributed by atoms with E-state index in [1.807, 2.05) is 37.3 Å². The first-order valence-electron chi connectivity index (χ1n) is 9.70. The molecule has 0 atom stereocenters. The monoisotopic (exact) mass is 352 g/mol. The van der Waals surface area contributed by atoms with E-state index < -0.39 is 0 Å². The maximum atomic E-state index is 12.1. The van der Waals surface area contributed by atoms with E-state index in [4.69, 9.17) is 4.74 Å². The fourth-order valence-electron chi connectivity index (χ4n) is 3.65. The number of carbonyl (C=O) groups excluding carboxylic acids is 1. The van der Waals surface area contributed by atoms with Crippen LogP contribution in [0.5, 0.6) is 0 Å². The minimum absolute atomic E-state index is 0.266. The highest BCUT2D eigenvalue weighted by atomic mass is 16.5. The molecule has 0 saturated heterocycles. The Bertz CT molecular complexity index is 709. The molecule has 0 radical (unpaired) electrons. The largest absolute Gasteiger partial charge is 0.462 e. The normalized spacial score (nSPS) is 14.8. The van der Waals surface area contributed by atoms with Crippen molar-refractivity contribution in [1.82, 2.24) is 4.98 Å². The summed E-state index contributed by atoms with van der Waals surface area (Å²) in [6, 6.07) is 11.8. The first-order valence-corrected chi connectivity index (χ1v) is 9.70. The lowest BCUT2D eigenvalue weighted by atomic mass is 9.84. The highest BCUT2D eigenvalue weighted by Gasteiger charge is 2.17. The summed E-state index contributed by atoms with van der Waals surface area (Å²) in [6.07, 6.45) is 9.51. The number of benzene rings is 1. The molecule has 1 N–H and O–H groups in total. The number of ether oxygens (including phenoxy) is 1. The molecule has 0 bridgehead atoms. The molecule has 0 amide bonds. The number of rotatable bonds is 7. The molecule has 1 heterocycles. The van der Waals surface area contributed by atoms with Gasteiger partial charge in [-0.1, -0.05) is 44.2 Å². The van der Waals surface area contributed by atoms with Crippen LogP contribution in [0.15, 0.2) is 42.6 Å². The lowest BCUT2D eigenvalue weighted by molar-refractivity contribution is 0.0526. The number of nitrogens with one attached hydrogen (secondary N) is 1. The number of hydrogen-bond donors (Lipinski definition) is 1. The van der Waals surface area contributed by atoms with Gasteiger partial charge in [0.05, 0.1) is 24.4 Å². The van der Waals surface area contributed by atoms with Gasteiger partial charge in [-0.15, -0.1) is 0 Å². The number of nitrogens with zero attached hydrogens (tertiary/aromatic N) is 1. The van der Waals surface area contributed by atoms with Crippen LogP contribution >= 0.6 is 0 Å². The van der Waals surface area contributed by atoms with Gasteiger partial charge in [-0.3, -0.25) is 4.98 Å². The van der Waals surface area contributed by atoms with Gasteiger partial charge in [-0.2, -0.15) is 0 Å². The van der Waals surface area contributed by atoms with Gasteiger partial charge >= 0.3 is 5.97 Å². The Labute approximate surface area is 156 Å². The van der Waals surface area contributed by atoms with Crippen LogP contribution in [-0.2, 0) is 17.7 Å². The standard InChI is InChI=1S/C22H28N2O2/c1-2-26-22(25)19-12-11-18(14-17-8-4-3-5-9-17)21(15-19)24-16-20-10-6-7-13-23-20/h6-7,10-13,15,17,24H,2-5,8-9,14,16H2,1H3. The van der Waals surface area contributed by atoms with Crippen LogP contribution in [0, 0.1) is 5.92 Å². The number of aromatic nitrogens is 1. The molecule has 2 aromatic rings. The van der Waals surface area contributed by atoms with Crippen molar-refractivity contribution in [3.8, 4) is 0 Å². The topological polar surface area (TPSA) is 51.2 Å². The van der Waals surface area contributed by atoms with E-state index in [2.05, 4.69) is 16.4 Å². The van der Waals surface area contributed by atoms with Crippen molar-refractivity contribution in [2.24, 2.45) is 5.92 Å². The van der Waals surface area contributed by atoms with Gasteiger partial charge in [0.2, 0.25) is 0 Å². The molecule has 1 aromatic carbocycles. The zero-order valence-corrected chi connectivity index (χ0v) is 15.5. The molecular formula is C22H28N2O2. The molecule has 3 rings (SSSR count). The minimum atomic E-state index is -0.266. The summed E-state index contributed by atoms with van der Waals surface area (Å²) < 4.78 is 5.16. The van der Waals surface area contributed by atoms with Crippen LogP contribution in [0.1, 0.15) is 60.6 Å². The predicted molar refractivity (Wildman–Crippen MR) is 104 cm³/mol. The highest BCUT2D eigenvalue weighted by molar-refractivity contribution is 5.90. The smallest absolute Gasteiger partial charge is 0.338 e. The molecule has 0 aliphatic heterocycles. The van der Waals surface area contributed by atoms with Crippen molar-refractivity contribution in [1.29, 1.82) is 0 Å². The first kappa shape index (κ1) is 18.4. The molecule has 26 heavy (non-hydrogen) atoms. The fourth-order valence-corrected chi connectivity index (χ4v) is 3.65. The molecule has 1 aromatic heterocycles. The van der Waals surface area contributed by atoms with Crippen molar-refractivity contribution < 1.29 is 9.53 Å². The van der Waals surface area contributed by atoms with E-state index in [0.29, 0.717) is 18.7 Å². The molecule has 138 valence electrons. The Morgan fingerprint density at radius 2 is 2.04 bits per heavy atom. The third-order valence-electron chi connectivity index (χ3n) is 5.04. The summed E-state index contributed by atoms with van der Waals surface area (Å²) in [5.74, 6) is 0.477. The SMILES string of the molecule is CCOC(=O)c1ccc(CC2CCCCC2)c(NCc2ccccn2)c1. The van der Waals surface area contributed by atoms with Crippen molar-refractivity contribution in [3.63, 3.8) is 0 Å². The summed E-state index contributed by atoms with van der Waals surface area (Å²) in [7, 11) is 0. The second-order valence-electron chi connectivity index (χ2n) is 6.98. The van der Waals surface area contributed by atoms with Gasteiger partial charge in [0, 0.05) is 11.9 Å². The van der Waals surface area contributed by atoms with Gasteiger partial charge in [-0.25, -0.2) is 4.79 Å². The molecule has 1 aliphatic rings. The Hall–Kier alpha value is -2.36. The third kappa shape index (κ3) is 5.07. The maximum Gasteiger partial charge on any atom is 0.338 e. The molecule has 1 fully saturated rings. The Kier molecular flexibility index (Phi) is 6.64.